The second kappa shape index (κ2) is 8.27. The predicted molar refractivity (Wildman–Crippen MR) is 72.7 cm³/mol. The van der Waals surface area contributed by atoms with Gasteiger partial charge in [0.15, 0.2) is 17.6 Å². The number of para-hydroxylation sites is 1. The third-order valence-corrected chi connectivity index (χ3v) is 2.65. The monoisotopic (exact) mass is 284 g/mol. The van der Waals surface area contributed by atoms with Crippen LogP contribution in [0.1, 0.15) is 13.3 Å². The van der Waals surface area contributed by atoms with E-state index in [4.69, 9.17) is 24.1 Å². The largest absolute Gasteiger partial charge is 0.493 e. The van der Waals surface area contributed by atoms with Crippen LogP contribution in [0, 0.1) is 0 Å². The van der Waals surface area contributed by atoms with Gasteiger partial charge in [-0.2, -0.15) is 0 Å². The third kappa shape index (κ3) is 4.31. The molecular weight excluding hydrogens is 264 g/mol. The van der Waals surface area contributed by atoms with Crippen molar-refractivity contribution in [2.45, 2.75) is 19.4 Å². The van der Waals surface area contributed by atoms with Gasteiger partial charge in [-0.05, 0) is 19.1 Å². The van der Waals surface area contributed by atoms with Crippen LogP contribution in [0.3, 0.4) is 0 Å². The molecule has 6 heteroatoms. The van der Waals surface area contributed by atoms with Crippen molar-refractivity contribution < 1.29 is 28.8 Å². The van der Waals surface area contributed by atoms with Gasteiger partial charge in [0, 0.05) is 13.0 Å². The van der Waals surface area contributed by atoms with Crippen molar-refractivity contribution in [1.82, 2.24) is 0 Å². The second-order valence-electron chi connectivity index (χ2n) is 3.91. The minimum absolute atomic E-state index is 0.188. The molecule has 1 atom stereocenters. The highest BCUT2D eigenvalue weighted by molar-refractivity contribution is 5.72. The molecule has 0 aromatic heterocycles. The molecule has 0 aliphatic heterocycles. The molecular formula is C14H20O6. The van der Waals surface area contributed by atoms with Gasteiger partial charge in [-0.3, -0.25) is 0 Å². The predicted octanol–water partition coefficient (Wildman–Crippen LogP) is 1.96. The molecule has 1 aromatic rings. The molecule has 0 heterocycles. The smallest absolute Gasteiger partial charge is 0.332 e. The first-order valence-electron chi connectivity index (χ1n) is 6.32. The summed E-state index contributed by atoms with van der Waals surface area (Å²) >= 11 is 0. The Morgan fingerprint density at radius 2 is 1.85 bits per heavy atom. The van der Waals surface area contributed by atoms with Gasteiger partial charge in [0.05, 0.1) is 20.8 Å². The van der Waals surface area contributed by atoms with Crippen LogP contribution in [0.15, 0.2) is 18.2 Å². The lowest BCUT2D eigenvalue weighted by molar-refractivity contribution is -0.150. The highest BCUT2D eigenvalue weighted by Crippen LogP contribution is 2.36. The lowest BCUT2D eigenvalue weighted by atomic mass is 10.2. The summed E-state index contributed by atoms with van der Waals surface area (Å²) in [6.07, 6.45) is -0.634. The number of carbonyl (C=O) groups is 1. The Bertz CT molecular complexity index is 409. The van der Waals surface area contributed by atoms with Crippen LogP contribution in [-0.4, -0.2) is 44.6 Å². The summed E-state index contributed by atoms with van der Waals surface area (Å²) in [5.41, 5.74) is 0. The molecule has 0 bridgehead atoms. The summed E-state index contributed by atoms with van der Waals surface area (Å²) < 4.78 is 21.1. The highest BCUT2D eigenvalue weighted by atomic mass is 16.5. The maximum atomic E-state index is 10.9. The number of rotatable bonds is 9. The van der Waals surface area contributed by atoms with Crippen LogP contribution in [0.4, 0.5) is 0 Å². The zero-order chi connectivity index (χ0) is 15.0. The van der Waals surface area contributed by atoms with Gasteiger partial charge < -0.3 is 24.1 Å². The summed E-state index contributed by atoms with van der Waals surface area (Å²) in [4.78, 5) is 10.9. The van der Waals surface area contributed by atoms with Gasteiger partial charge in [0.25, 0.3) is 0 Å². The Balaban J connectivity index is 2.67. The van der Waals surface area contributed by atoms with Gasteiger partial charge in [0.2, 0.25) is 5.75 Å². The molecule has 0 spiro atoms. The van der Waals surface area contributed by atoms with Gasteiger partial charge in [-0.25, -0.2) is 4.79 Å². The normalized spacial score (nSPS) is 11.8. The summed E-state index contributed by atoms with van der Waals surface area (Å²) in [7, 11) is 3.06. The van der Waals surface area contributed by atoms with Crippen LogP contribution < -0.4 is 14.2 Å². The van der Waals surface area contributed by atoms with Crippen LogP contribution in [0.2, 0.25) is 0 Å². The molecule has 0 radical (unpaired) electrons. The quantitative estimate of drug-likeness (QED) is 0.747. The van der Waals surface area contributed by atoms with Crippen LogP contribution in [-0.2, 0) is 9.53 Å². The summed E-state index contributed by atoms with van der Waals surface area (Å²) in [6.45, 7) is 2.28. The van der Waals surface area contributed by atoms with Crippen molar-refractivity contribution in [2.24, 2.45) is 0 Å². The van der Waals surface area contributed by atoms with Gasteiger partial charge in [0.1, 0.15) is 0 Å². The van der Waals surface area contributed by atoms with Crippen LogP contribution >= 0.6 is 0 Å². The van der Waals surface area contributed by atoms with Crippen molar-refractivity contribution >= 4 is 5.97 Å². The average Bonchev–Trinajstić information content (AvgIpc) is 2.46. The number of carboxylic acid groups (broad SMARTS) is 1. The Morgan fingerprint density at radius 3 is 2.30 bits per heavy atom. The number of hydrogen-bond donors (Lipinski definition) is 1. The molecule has 0 aliphatic rings. The van der Waals surface area contributed by atoms with E-state index in [-0.39, 0.29) is 13.0 Å². The molecule has 0 saturated carbocycles. The van der Waals surface area contributed by atoms with E-state index in [1.54, 1.807) is 25.1 Å². The summed E-state index contributed by atoms with van der Waals surface area (Å²) in [5, 5.41) is 8.97. The fourth-order valence-electron chi connectivity index (χ4n) is 1.71. The minimum atomic E-state index is -0.998. The number of benzene rings is 1. The van der Waals surface area contributed by atoms with Crippen molar-refractivity contribution in [3.8, 4) is 17.2 Å². The van der Waals surface area contributed by atoms with Crippen molar-refractivity contribution in [3.05, 3.63) is 18.2 Å². The van der Waals surface area contributed by atoms with E-state index >= 15 is 0 Å². The van der Waals surface area contributed by atoms with E-state index in [1.807, 2.05) is 0 Å². The van der Waals surface area contributed by atoms with E-state index in [0.29, 0.717) is 23.9 Å². The standard InChI is InChI=1S/C14H20O6/c1-4-19-12(14(15)16)8-9-20-13-10(17-2)6-5-7-11(13)18-3/h5-7,12H,4,8-9H2,1-3H3,(H,15,16). The van der Waals surface area contributed by atoms with E-state index < -0.39 is 12.1 Å². The summed E-state index contributed by atoms with van der Waals surface area (Å²) in [5.74, 6) is 0.529. The van der Waals surface area contributed by atoms with Gasteiger partial charge >= 0.3 is 5.97 Å². The fraction of sp³-hybridized carbons (Fsp3) is 0.500. The Hall–Kier alpha value is -1.95. The zero-order valence-electron chi connectivity index (χ0n) is 11.9. The lowest BCUT2D eigenvalue weighted by Gasteiger charge is -2.16. The van der Waals surface area contributed by atoms with E-state index in [9.17, 15) is 4.79 Å². The number of aliphatic carboxylic acids is 1. The first-order valence-corrected chi connectivity index (χ1v) is 6.32. The maximum absolute atomic E-state index is 10.9. The molecule has 20 heavy (non-hydrogen) atoms. The summed E-state index contributed by atoms with van der Waals surface area (Å²) in [6, 6.07) is 5.27. The number of carboxylic acids is 1. The molecule has 0 fully saturated rings. The van der Waals surface area contributed by atoms with Crippen LogP contribution in [0.5, 0.6) is 17.2 Å². The zero-order valence-corrected chi connectivity index (χ0v) is 11.9. The molecule has 1 rings (SSSR count). The average molecular weight is 284 g/mol. The number of hydrogen-bond acceptors (Lipinski definition) is 5. The van der Waals surface area contributed by atoms with Gasteiger partial charge in [-0.1, -0.05) is 6.07 Å². The van der Waals surface area contributed by atoms with E-state index in [2.05, 4.69) is 0 Å². The maximum Gasteiger partial charge on any atom is 0.332 e. The van der Waals surface area contributed by atoms with E-state index in [1.165, 1.54) is 14.2 Å². The van der Waals surface area contributed by atoms with E-state index in [0.717, 1.165) is 0 Å². The molecule has 6 nitrogen and oxygen atoms in total. The number of methoxy groups -OCH3 is 2. The molecule has 0 saturated heterocycles. The van der Waals surface area contributed by atoms with Crippen molar-refractivity contribution in [2.75, 3.05) is 27.4 Å². The highest BCUT2D eigenvalue weighted by Gasteiger charge is 2.18. The van der Waals surface area contributed by atoms with Gasteiger partial charge in [-0.15, -0.1) is 0 Å². The Kier molecular flexibility index (Phi) is 6.66. The lowest BCUT2D eigenvalue weighted by Crippen LogP contribution is -2.26. The van der Waals surface area contributed by atoms with Crippen molar-refractivity contribution in [3.63, 3.8) is 0 Å². The minimum Gasteiger partial charge on any atom is -0.493 e. The SMILES string of the molecule is CCOC(CCOc1c(OC)cccc1OC)C(=O)O. The molecule has 0 aliphatic carbocycles. The fourth-order valence-corrected chi connectivity index (χ4v) is 1.71. The molecule has 1 unspecified atom stereocenters. The molecule has 1 aromatic carbocycles. The third-order valence-electron chi connectivity index (χ3n) is 2.65. The second-order valence-corrected chi connectivity index (χ2v) is 3.91. The molecule has 0 amide bonds. The Labute approximate surface area is 118 Å². The van der Waals surface area contributed by atoms with Crippen molar-refractivity contribution in [1.29, 1.82) is 0 Å². The number of ether oxygens (including phenoxy) is 4. The first-order chi connectivity index (χ1) is 9.63. The van der Waals surface area contributed by atoms with Crippen LogP contribution in [0.25, 0.3) is 0 Å². The Morgan fingerprint density at radius 1 is 1.25 bits per heavy atom. The topological polar surface area (TPSA) is 74.2 Å². The molecule has 112 valence electrons. The first kappa shape index (κ1) is 16.1. The molecule has 1 N–H and O–H groups in total.